The molecule has 2 aromatic heterocycles. The SMILES string of the molecule is c1ccc2nc(-c3cccc4oc5ccccc5c34)ccc2c1. The van der Waals surface area contributed by atoms with Crippen molar-refractivity contribution in [2.24, 2.45) is 0 Å². The van der Waals surface area contributed by atoms with Gasteiger partial charge in [0.25, 0.3) is 0 Å². The quantitative estimate of drug-likeness (QED) is 0.390. The van der Waals surface area contributed by atoms with Gasteiger partial charge in [0.1, 0.15) is 11.2 Å². The lowest BCUT2D eigenvalue weighted by atomic mass is 10.0. The summed E-state index contributed by atoms with van der Waals surface area (Å²) >= 11 is 0. The third-order valence-corrected chi connectivity index (χ3v) is 4.28. The molecule has 0 saturated carbocycles. The van der Waals surface area contributed by atoms with Gasteiger partial charge >= 0.3 is 0 Å². The average molecular weight is 295 g/mol. The number of hydrogen-bond acceptors (Lipinski definition) is 2. The van der Waals surface area contributed by atoms with E-state index in [-0.39, 0.29) is 0 Å². The fourth-order valence-electron chi connectivity index (χ4n) is 3.20. The Morgan fingerprint density at radius 3 is 2.48 bits per heavy atom. The molecule has 0 N–H and O–H groups in total. The van der Waals surface area contributed by atoms with Crippen LogP contribution in [0.5, 0.6) is 0 Å². The van der Waals surface area contributed by atoms with Crippen LogP contribution in [-0.4, -0.2) is 4.98 Å². The van der Waals surface area contributed by atoms with E-state index >= 15 is 0 Å². The fourth-order valence-corrected chi connectivity index (χ4v) is 3.20. The molecule has 0 saturated heterocycles. The molecule has 0 amide bonds. The van der Waals surface area contributed by atoms with Gasteiger partial charge in [0.05, 0.1) is 11.2 Å². The van der Waals surface area contributed by atoms with Crippen LogP contribution in [0.25, 0.3) is 44.1 Å². The molecule has 108 valence electrons. The number of aromatic nitrogens is 1. The molecule has 0 radical (unpaired) electrons. The van der Waals surface area contributed by atoms with Crippen LogP contribution in [0, 0.1) is 0 Å². The molecule has 0 atom stereocenters. The topological polar surface area (TPSA) is 26.0 Å². The van der Waals surface area contributed by atoms with E-state index < -0.39 is 0 Å². The number of furan rings is 1. The van der Waals surface area contributed by atoms with Crippen molar-refractivity contribution in [2.45, 2.75) is 0 Å². The van der Waals surface area contributed by atoms with Gasteiger partial charge in [-0.05, 0) is 24.3 Å². The summed E-state index contributed by atoms with van der Waals surface area (Å²) in [5.41, 5.74) is 4.91. The Kier molecular flexibility index (Phi) is 2.53. The van der Waals surface area contributed by atoms with Crippen LogP contribution in [0.3, 0.4) is 0 Å². The molecule has 5 aromatic rings. The molecule has 0 fully saturated rings. The summed E-state index contributed by atoms with van der Waals surface area (Å²) in [5, 5.41) is 3.42. The highest BCUT2D eigenvalue weighted by atomic mass is 16.3. The molecule has 23 heavy (non-hydrogen) atoms. The Labute approximate surface area is 133 Å². The van der Waals surface area contributed by atoms with E-state index in [9.17, 15) is 0 Å². The molecule has 0 aliphatic rings. The first-order valence-corrected chi connectivity index (χ1v) is 7.66. The second-order valence-electron chi connectivity index (χ2n) is 5.67. The highest BCUT2D eigenvalue weighted by Crippen LogP contribution is 2.36. The Balaban J connectivity index is 1.87. The van der Waals surface area contributed by atoms with Crippen LogP contribution >= 0.6 is 0 Å². The van der Waals surface area contributed by atoms with Gasteiger partial charge in [0, 0.05) is 21.7 Å². The first-order valence-electron chi connectivity index (χ1n) is 7.66. The second kappa shape index (κ2) is 4.68. The third kappa shape index (κ3) is 1.85. The molecule has 2 heterocycles. The summed E-state index contributed by atoms with van der Waals surface area (Å²) in [7, 11) is 0. The second-order valence-corrected chi connectivity index (χ2v) is 5.67. The Morgan fingerprint density at radius 2 is 1.48 bits per heavy atom. The number of nitrogens with zero attached hydrogens (tertiary/aromatic N) is 1. The Morgan fingerprint density at radius 1 is 0.652 bits per heavy atom. The van der Waals surface area contributed by atoms with E-state index in [0.29, 0.717) is 0 Å². The lowest BCUT2D eigenvalue weighted by molar-refractivity contribution is 0.669. The summed E-state index contributed by atoms with van der Waals surface area (Å²) in [6.45, 7) is 0. The predicted octanol–water partition coefficient (Wildman–Crippen LogP) is 5.80. The molecular formula is C21H13NO. The maximum absolute atomic E-state index is 5.97. The number of benzene rings is 3. The van der Waals surface area contributed by atoms with E-state index in [1.165, 1.54) is 0 Å². The zero-order valence-electron chi connectivity index (χ0n) is 12.4. The van der Waals surface area contributed by atoms with E-state index in [2.05, 4.69) is 30.3 Å². The molecular weight excluding hydrogens is 282 g/mol. The van der Waals surface area contributed by atoms with Crippen molar-refractivity contribution < 1.29 is 4.42 Å². The van der Waals surface area contributed by atoms with Crippen molar-refractivity contribution in [1.29, 1.82) is 0 Å². The lowest BCUT2D eigenvalue weighted by Gasteiger charge is -2.05. The molecule has 0 unspecified atom stereocenters. The third-order valence-electron chi connectivity index (χ3n) is 4.28. The summed E-state index contributed by atoms with van der Waals surface area (Å²) in [6, 6.07) is 26.7. The van der Waals surface area contributed by atoms with Crippen molar-refractivity contribution >= 4 is 32.8 Å². The maximum Gasteiger partial charge on any atom is 0.136 e. The highest BCUT2D eigenvalue weighted by Gasteiger charge is 2.12. The minimum Gasteiger partial charge on any atom is -0.456 e. The number of rotatable bonds is 1. The zero-order chi connectivity index (χ0) is 15.2. The van der Waals surface area contributed by atoms with Gasteiger partial charge < -0.3 is 4.42 Å². The van der Waals surface area contributed by atoms with E-state index in [1.54, 1.807) is 0 Å². The highest BCUT2D eigenvalue weighted by molar-refractivity contribution is 6.12. The van der Waals surface area contributed by atoms with Crippen molar-refractivity contribution in [3.05, 3.63) is 78.9 Å². The molecule has 0 aliphatic carbocycles. The van der Waals surface area contributed by atoms with E-state index in [1.807, 2.05) is 48.5 Å². The van der Waals surface area contributed by atoms with Gasteiger partial charge in [-0.2, -0.15) is 0 Å². The van der Waals surface area contributed by atoms with Crippen molar-refractivity contribution in [1.82, 2.24) is 4.98 Å². The van der Waals surface area contributed by atoms with Crippen molar-refractivity contribution in [3.63, 3.8) is 0 Å². The normalized spacial score (nSPS) is 11.5. The van der Waals surface area contributed by atoms with Gasteiger partial charge in [-0.3, -0.25) is 0 Å². The molecule has 3 aromatic carbocycles. The molecule has 0 spiro atoms. The fraction of sp³-hybridized carbons (Fsp3) is 0. The summed E-state index contributed by atoms with van der Waals surface area (Å²) in [6.07, 6.45) is 0. The van der Waals surface area contributed by atoms with Gasteiger partial charge in [-0.25, -0.2) is 4.98 Å². The summed E-state index contributed by atoms with van der Waals surface area (Å²) < 4.78 is 5.97. The zero-order valence-corrected chi connectivity index (χ0v) is 12.4. The molecule has 0 aliphatic heterocycles. The van der Waals surface area contributed by atoms with Crippen molar-refractivity contribution in [3.8, 4) is 11.3 Å². The largest absolute Gasteiger partial charge is 0.456 e. The van der Waals surface area contributed by atoms with Crippen LogP contribution < -0.4 is 0 Å². The van der Waals surface area contributed by atoms with Gasteiger partial charge in [-0.1, -0.05) is 54.6 Å². The lowest BCUT2D eigenvalue weighted by Crippen LogP contribution is -1.86. The molecule has 2 nitrogen and oxygen atoms in total. The number of para-hydroxylation sites is 2. The first-order chi connectivity index (χ1) is 11.4. The van der Waals surface area contributed by atoms with Crippen LogP contribution in [0.15, 0.2) is 83.3 Å². The van der Waals surface area contributed by atoms with Crippen molar-refractivity contribution in [2.75, 3.05) is 0 Å². The number of hydrogen-bond donors (Lipinski definition) is 0. The Hall–Kier alpha value is -3.13. The van der Waals surface area contributed by atoms with Crippen LogP contribution in [0.1, 0.15) is 0 Å². The molecule has 2 heteroatoms. The average Bonchev–Trinajstić information content (AvgIpc) is 3.00. The van der Waals surface area contributed by atoms with Crippen LogP contribution in [0.2, 0.25) is 0 Å². The Bertz CT molecular complexity index is 1170. The standard InChI is InChI=1S/C21H13NO/c1-3-9-17-14(6-1)12-13-18(22-17)15-8-5-11-20-21(15)16-7-2-4-10-19(16)23-20/h1-13H. The molecule has 0 bridgehead atoms. The number of fused-ring (bicyclic) bond motifs is 4. The summed E-state index contributed by atoms with van der Waals surface area (Å²) in [5.74, 6) is 0. The first kappa shape index (κ1) is 12.4. The van der Waals surface area contributed by atoms with Gasteiger partial charge in [0.2, 0.25) is 0 Å². The van der Waals surface area contributed by atoms with Crippen LogP contribution in [0.4, 0.5) is 0 Å². The monoisotopic (exact) mass is 295 g/mol. The maximum atomic E-state index is 5.97. The summed E-state index contributed by atoms with van der Waals surface area (Å²) in [4.78, 5) is 4.84. The predicted molar refractivity (Wildman–Crippen MR) is 94.5 cm³/mol. The molecule has 5 rings (SSSR count). The van der Waals surface area contributed by atoms with E-state index in [4.69, 9.17) is 9.40 Å². The van der Waals surface area contributed by atoms with Crippen LogP contribution in [-0.2, 0) is 0 Å². The minimum absolute atomic E-state index is 0.902. The smallest absolute Gasteiger partial charge is 0.136 e. The van der Waals surface area contributed by atoms with E-state index in [0.717, 1.165) is 44.1 Å². The van der Waals surface area contributed by atoms with Gasteiger partial charge in [-0.15, -0.1) is 0 Å². The van der Waals surface area contributed by atoms with Gasteiger partial charge in [0.15, 0.2) is 0 Å². The number of pyridine rings is 1. The minimum atomic E-state index is 0.902.